The third-order valence-electron chi connectivity index (χ3n) is 4.69. The average Bonchev–Trinajstić information content (AvgIpc) is 2.94. The topological polar surface area (TPSA) is 17.1 Å². The van der Waals surface area contributed by atoms with Crippen molar-refractivity contribution in [3.05, 3.63) is 35.6 Å². The van der Waals surface area contributed by atoms with Gasteiger partial charge in [0, 0.05) is 12.8 Å². The van der Waals surface area contributed by atoms with Gasteiger partial charge in [0.2, 0.25) is 0 Å². The summed E-state index contributed by atoms with van der Waals surface area (Å²) in [5.74, 6) is 2.43. The van der Waals surface area contributed by atoms with Crippen LogP contribution < -0.4 is 0 Å². The summed E-state index contributed by atoms with van der Waals surface area (Å²) in [5, 5.41) is 0. The third kappa shape index (κ3) is 2.47. The van der Waals surface area contributed by atoms with Crippen molar-refractivity contribution in [2.75, 3.05) is 0 Å². The first kappa shape index (κ1) is 11.9. The Morgan fingerprint density at radius 3 is 2.56 bits per heavy atom. The Morgan fingerprint density at radius 1 is 1.17 bits per heavy atom. The van der Waals surface area contributed by atoms with Crippen molar-refractivity contribution in [2.24, 2.45) is 17.8 Å². The van der Waals surface area contributed by atoms with Gasteiger partial charge in [0.15, 0.2) is 0 Å². The van der Waals surface area contributed by atoms with E-state index in [2.05, 4.69) is 0 Å². The van der Waals surface area contributed by atoms with Crippen LogP contribution in [-0.2, 0) is 11.2 Å². The van der Waals surface area contributed by atoms with Crippen molar-refractivity contribution >= 4 is 5.78 Å². The van der Waals surface area contributed by atoms with E-state index in [-0.39, 0.29) is 5.82 Å². The number of benzene rings is 1. The lowest BCUT2D eigenvalue weighted by Gasteiger charge is -2.20. The molecular weight excluding hydrogens is 227 g/mol. The van der Waals surface area contributed by atoms with Crippen LogP contribution in [0, 0.1) is 23.6 Å². The van der Waals surface area contributed by atoms with E-state index < -0.39 is 0 Å². The van der Waals surface area contributed by atoms with Gasteiger partial charge in [-0.3, -0.25) is 4.79 Å². The quantitative estimate of drug-likeness (QED) is 0.790. The molecule has 2 aliphatic rings. The van der Waals surface area contributed by atoms with Crippen LogP contribution in [0.4, 0.5) is 4.39 Å². The predicted molar refractivity (Wildman–Crippen MR) is 68.7 cm³/mol. The molecule has 96 valence electrons. The predicted octanol–water partition coefficient (Wildman–Crippen LogP) is 3.76. The third-order valence-corrected chi connectivity index (χ3v) is 4.69. The molecule has 3 atom stereocenters. The summed E-state index contributed by atoms with van der Waals surface area (Å²) in [6.45, 7) is 0. The molecule has 3 unspecified atom stereocenters. The van der Waals surface area contributed by atoms with Gasteiger partial charge in [-0.1, -0.05) is 18.6 Å². The summed E-state index contributed by atoms with van der Waals surface area (Å²) in [4.78, 5) is 12.0. The highest BCUT2D eigenvalue weighted by atomic mass is 19.1. The molecule has 0 aromatic heterocycles. The van der Waals surface area contributed by atoms with E-state index in [0.29, 0.717) is 18.1 Å². The molecule has 0 heterocycles. The number of hydrogen-bond donors (Lipinski definition) is 0. The Morgan fingerprint density at radius 2 is 1.94 bits per heavy atom. The van der Waals surface area contributed by atoms with E-state index in [0.717, 1.165) is 23.8 Å². The molecule has 2 heteroatoms. The van der Waals surface area contributed by atoms with Crippen molar-refractivity contribution in [2.45, 2.75) is 38.5 Å². The summed E-state index contributed by atoms with van der Waals surface area (Å²) >= 11 is 0. The zero-order valence-electron chi connectivity index (χ0n) is 10.6. The molecule has 1 aromatic carbocycles. The number of halogens is 1. The summed E-state index contributed by atoms with van der Waals surface area (Å²) in [7, 11) is 0. The molecule has 0 amide bonds. The van der Waals surface area contributed by atoms with Crippen molar-refractivity contribution in [3.8, 4) is 0 Å². The molecule has 2 bridgehead atoms. The molecule has 1 nitrogen and oxygen atoms in total. The van der Waals surface area contributed by atoms with E-state index in [1.807, 2.05) is 0 Å². The van der Waals surface area contributed by atoms with Crippen LogP contribution in [0.1, 0.15) is 37.7 Å². The average molecular weight is 246 g/mol. The first-order valence-corrected chi connectivity index (χ1v) is 6.97. The molecule has 2 aliphatic carbocycles. The number of carbonyl (C=O) groups excluding carboxylic acids is 1. The second kappa shape index (κ2) is 4.83. The Kier molecular flexibility index (Phi) is 3.19. The first-order valence-electron chi connectivity index (χ1n) is 6.97. The molecule has 2 fully saturated rings. The standard InChI is InChI=1S/C16H19FO/c17-15-5-2-11(3-6-15)9-16(18)10-14-8-12-1-4-13(14)7-12/h2-3,5-6,12-14H,1,4,7-10H2. The molecule has 18 heavy (non-hydrogen) atoms. The highest BCUT2D eigenvalue weighted by molar-refractivity contribution is 5.81. The second-order valence-electron chi connectivity index (χ2n) is 5.98. The second-order valence-corrected chi connectivity index (χ2v) is 5.98. The Balaban J connectivity index is 1.54. The number of fused-ring (bicyclic) bond motifs is 2. The smallest absolute Gasteiger partial charge is 0.137 e. The van der Waals surface area contributed by atoms with Crippen LogP contribution in [0.3, 0.4) is 0 Å². The molecule has 2 saturated carbocycles. The lowest BCUT2D eigenvalue weighted by atomic mass is 9.84. The first-order chi connectivity index (χ1) is 8.70. The molecular formula is C16H19FO. The summed E-state index contributed by atoms with van der Waals surface area (Å²) in [6.07, 6.45) is 6.54. The van der Waals surface area contributed by atoms with E-state index >= 15 is 0 Å². The van der Waals surface area contributed by atoms with Crippen LogP contribution in [-0.4, -0.2) is 5.78 Å². The van der Waals surface area contributed by atoms with Gasteiger partial charge in [-0.15, -0.1) is 0 Å². The Labute approximate surface area is 107 Å². The summed E-state index contributed by atoms with van der Waals surface area (Å²) in [5.41, 5.74) is 0.935. The number of hydrogen-bond acceptors (Lipinski definition) is 1. The number of carbonyl (C=O) groups is 1. The zero-order chi connectivity index (χ0) is 12.5. The maximum atomic E-state index is 12.8. The van der Waals surface area contributed by atoms with Gasteiger partial charge < -0.3 is 0 Å². The van der Waals surface area contributed by atoms with Gasteiger partial charge in [0.1, 0.15) is 11.6 Å². The Bertz CT molecular complexity index is 437. The fourth-order valence-corrected chi connectivity index (χ4v) is 3.82. The maximum absolute atomic E-state index is 12.8. The van der Waals surface area contributed by atoms with E-state index in [1.165, 1.54) is 37.8 Å². The SMILES string of the molecule is O=C(Cc1ccc(F)cc1)CC1CC2CCC1C2. The zero-order valence-corrected chi connectivity index (χ0v) is 10.6. The lowest BCUT2D eigenvalue weighted by molar-refractivity contribution is -0.119. The van der Waals surface area contributed by atoms with Gasteiger partial charge in [-0.25, -0.2) is 4.39 Å². The highest BCUT2D eigenvalue weighted by Crippen LogP contribution is 2.49. The molecule has 0 spiro atoms. The molecule has 0 N–H and O–H groups in total. The van der Waals surface area contributed by atoms with E-state index in [4.69, 9.17) is 0 Å². The monoisotopic (exact) mass is 246 g/mol. The van der Waals surface area contributed by atoms with Crippen molar-refractivity contribution < 1.29 is 9.18 Å². The molecule has 0 radical (unpaired) electrons. The van der Waals surface area contributed by atoms with E-state index in [9.17, 15) is 9.18 Å². The van der Waals surface area contributed by atoms with Crippen molar-refractivity contribution in [1.82, 2.24) is 0 Å². The lowest BCUT2D eigenvalue weighted by Crippen LogP contribution is -2.16. The summed E-state index contributed by atoms with van der Waals surface area (Å²) < 4.78 is 12.8. The minimum atomic E-state index is -0.237. The maximum Gasteiger partial charge on any atom is 0.137 e. The van der Waals surface area contributed by atoms with Crippen LogP contribution in [0.5, 0.6) is 0 Å². The minimum absolute atomic E-state index is 0.237. The molecule has 0 aliphatic heterocycles. The number of rotatable bonds is 4. The minimum Gasteiger partial charge on any atom is -0.299 e. The van der Waals surface area contributed by atoms with Gasteiger partial charge in [0.25, 0.3) is 0 Å². The van der Waals surface area contributed by atoms with Gasteiger partial charge in [-0.05, 0) is 54.7 Å². The van der Waals surface area contributed by atoms with Crippen LogP contribution >= 0.6 is 0 Å². The number of ketones is 1. The molecule has 3 rings (SSSR count). The van der Waals surface area contributed by atoms with Crippen molar-refractivity contribution in [3.63, 3.8) is 0 Å². The van der Waals surface area contributed by atoms with Crippen LogP contribution in [0.25, 0.3) is 0 Å². The van der Waals surface area contributed by atoms with Gasteiger partial charge >= 0.3 is 0 Å². The van der Waals surface area contributed by atoms with E-state index in [1.54, 1.807) is 12.1 Å². The fraction of sp³-hybridized carbons (Fsp3) is 0.562. The van der Waals surface area contributed by atoms with Crippen LogP contribution in [0.15, 0.2) is 24.3 Å². The van der Waals surface area contributed by atoms with Gasteiger partial charge in [0.05, 0.1) is 0 Å². The van der Waals surface area contributed by atoms with Gasteiger partial charge in [-0.2, -0.15) is 0 Å². The van der Waals surface area contributed by atoms with Crippen LogP contribution in [0.2, 0.25) is 0 Å². The molecule has 0 saturated heterocycles. The summed E-state index contributed by atoms with van der Waals surface area (Å²) in [6, 6.07) is 6.29. The number of Topliss-reactive ketones (excluding diaryl/α,β-unsaturated/α-hetero) is 1. The highest BCUT2D eigenvalue weighted by Gasteiger charge is 2.39. The largest absolute Gasteiger partial charge is 0.299 e. The fourth-order valence-electron chi connectivity index (χ4n) is 3.82. The molecule has 1 aromatic rings. The van der Waals surface area contributed by atoms with Crippen molar-refractivity contribution in [1.29, 1.82) is 0 Å². The Hall–Kier alpha value is -1.18. The normalized spacial score (nSPS) is 29.7.